The van der Waals surface area contributed by atoms with Gasteiger partial charge in [-0.05, 0) is 55.5 Å². The van der Waals surface area contributed by atoms with Gasteiger partial charge in [0.1, 0.15) is 5.75 Å². The molecule has 0 spiro atoms. The van der Waals surface area contributed by atoms with E-state index in [0.717, 1.165) is 10.6 Å². The summed E-state index contributed by atoms with van der Waals surface area (Å²) in [6, 6.07) is 12.7. The fourth-order valence-electron chi connectivity index (χ4n) is 2.19. The van der Waals surface area contributed by atoms with Crippen LogP contribution in [0.5, 0.6) is 5.75 Å². The molecule has 0 radical (unpaired) electrons. The number of esters is 1. The highest BCUT2D eigenvalue weighted by Crippen LogP contribution is 2.20. The molecule has 0 aliphatic carbocycles. The largest absolute Gasteiger partial charge is 0.484 e. The molecule has 0 aliphatic rings. The molecule has 8 nitrogen and oxygen atoms in total. The Morgan fingerprint density at radius 1 is 1.04 bits per heavy atom. The Morgan fingerprint density at radius 3 is 2.18 bits per heavy atom. The van der Waals surface area contributed by atoms with E-state index in [4.69, 9.17) is 9.47 Å². The Labute approximate surface area is 164 Å². The van der Waals surface area contributed by atoms with Crippen molar-refractivity contribution in [2.75, 3.05) is 36.1 Å². The van der Waals surface area contributed by atoms with E-state index in [2.05, 4.69) is 5.32 Å². The highest BCUT2D eigenvalue weighted by molar-refractivity contribution is 7.92. The van der Waals surface area contributed by atoms with Gasteiger partial charge in [-0.3, -0.25) is 9.10 Å². The van der Waals surface area contributed by atoms with Crippen molar-refractivity contribution < 1.29 is 27.5 Å². The zero-order chi connectivity index (χ0) is 20.7. The van der Waals surface area contributed by atoms with Crippen LogP contribution in [0.1, 0.15) is 17.3 Å². The number of nitrogens with zero attached hydrogens (tertiary/aromatic N) is 1. The van der Waals surface area contributed by atoms with Crippen LogP contribution in [0.4, 0.5) is 11.4 Å². The van der Waals surface area contributed by atoms with Gasteiger partial charge >= 0.3 is 5.97 Å². The number of benzene rings is 2. The van der Waals surface area contributed by atoms with E-state index in [1.54, 1.807) is 55.5 Å². The third-order valence-electron chi connectivity index (χ3n) is 3.75. The maximum Gasteiger partial charge on any atom is 0.338 e. The summed E-state index contributed by atoms with van der Waals surface area (Å²) in [5.41, 5.74) is 1.41. The molecule has 1 amide bonds. The molecule has 9 heteroatoms. The fourth-order valence-corrected chi connectivity index (χ4v) is 2.70. The zero-order valence-electron chi connectivity index (χ0n) is 15.8. The van der Waals surface area contributed by atoms with Crippen molar-refractivity contribution in [3.8, 4) is 5.75 Å². The van der Waals surface area contributed by atoms with Gasteiger partial charge in [0.15, 0.2) is 6.61 Å². The molecule has 0 bridgehead atoms. The van der Waals surface area contributed by atoms with Crippen LogP contribution in [0.25, 0.3) is 0 Å². The van der Waals surface area contributed by atoms with Crippen LogP contribution in [0.2, 0.25) is 0 Å². The van der Waals surface area contributed by atoms with E-state index < -0.39 is 16.0 Å². The summed E-state index contributed by atoms with van der Waals surface area (Å²) in [4.78, 5) is 23.6. The molecular weight excluding hydrogens is 384 g/mol. The number of hydrogen-bond acceptors (Lipinski definition) is 6. The number of ether oxygens (including phenoxy) is 2. The second kappa shape index (κ2) is 9.23. The van der Waals surface area contributed by atoms with Crippen LogP contribution < -0.4 is 14.4 Å². The molecule has 0 aromatic heterocycles. The number of carbonyl (C=O) groups is 2. The highest BCUT2D eigenvalue weighted by Gasteiger charge is 2.12. The third kappa shape index (κ3) is 5.98. The fraction of sp³-hybridized carbons (Fsp3) is 0.263. The van der Waals surface area contributed by atoms with Gasteiger partial charge in [-0.2, -0.15) is 0 Å². The number of hydrogen-bond donors (Lipinski definition) is 1. The minimum atomic E-state index is -3.34. The van der Waals surface area contributed by atoms with E-state index in [1.165, 1.54) is 7.05 Å². The first-order valence-corrected chi connectivity index (χ1v) is 10.3. The van der Waals surface area contributed by atoms with Gasteiger partial charge in [0.05, 0.1) is 24.1 Å². The van der Waals surface area contributed by atoms with Crippen molar-refractivity contribution in [1.82, 2.24) is 0 Å². The Morgan fingerprint density at radius 2 is 1.64 bits per heavy atom. The van der Waals surface area contributed by atoms with Crippen molar-refractivity contribution in [1.29, 1.82) is 0 Å². The van der Waals surface area contributed by atoms with Gasteiger partial charge in [-0.15, -0.1) is 0 Å². The van der Waals surface area contributed by atoms with Crippen LogP contribution in [-0.2, 0) is 19.6 Å². The first-order chi connectivity index (χ1) is 13.2. The van der Waals surface area contributed by atoms with Crippen molar-refractivity contribution in [2.45, 2.75) is 6.92 Å². The third-order valence-corrected chi connectivity index (χ3v) is 4.95. The summed E-state index contributed by atoms with van der Waals surface area (Å²) in [5.74, 6) is -0.367. The number of anilines is 2. The van der Waals surface area contributed by atoms with Crippen molar-refractivity contribution in [2.24, 2.45) is 0 Å². The monoisotopic (exact) mass is 406 g/mol. The smallest absolute Gasteiger partial charge is 0.338 e. The average Bonchev–Trinajstić information content (AvgIpc) is 2.66. The molecule has 0 aliphatic heterocycles. The van der Waals surface area contributed by atoms with Gasteiger partial charge < -0.3 is 14.8 Å². The quantitative estimate of drug-likeness (QED) is 0.675. The Bertz CT molecular complexity index is 924. The van der Waals surface area contributed by atoms with Crippen LogP contribution in [0.3, 0.4) is 0 Å². The SMILES string of the molecule is CCOC(=O)c1ccc(NC(=O)COc2ccc(N(C)S(C)(=O)=O)cc2)cc1. The first-order valence-electron chi connectivity index (χ1n) is 8.44. The molecular formula is C19H22N2O6S. The predicted octanol–water partition coefficient (Wildman–Crippen LogP) is 2.28. The molecule has 1 N–H and O–H groups in total. The van der Waals surface area contributed by atoms with E-state index in [-0.39, 0.29) is 12.5 Å². The lowest BCUT2D eigenvalue weighted by Gasteiger charge is -2.16. The van der Waals surface area contributed by atoms with Gasteiger partial charge in [0.2, 0.25) is 10.0 Å². The first kappa shape index (κ1) is 21.2. The average molecular weight is 406 g/mol. The van der Waals surface area contributed by atoms with E-state index >= 15 is 0 Å². The van der Waals surface area contributed by atoms with Crippen LogP contribution in [-0.4, -0.2) is 46.8 Å². The molecule has 0 unspecified atom stereocenters. The summed E-state index contributed by atoms with van der Waals surface area (Å²) in [5, 5.41) is 2.66. The second-order valence-corrected chi connectivity index (χ2v) is 7.87. The van der Waals surface area contributed by atoms with Gasteiger partial charge in [0, 0.05) is 12.7 Å². The lowest BCUT2D eigenvalue weighted by Crippen LogP contribution is -2.24. The van der Waals surface area contributed by atoms with E-state index in [0.29, 0.717) is 29.3 Å². The van der Waals surface area contributed by atoms with E-state index in [1.807, 2.05) is 0 Å². The molecule has 150 valence electrons. The normalized spacial score (nSPS) is 10.8. The summed E-state index contributed by atoms with van der Waals surface area (Å²) in [7, 11) is -1.89. The summed E-state index contributed by atoms with van der Waals surface area (Å²) in [6.07, 6.45) is 1.11. The van der Waals surface area contributed by atoms with Gasteiger partial charge in [0.25, 0.3) is 5.91 Å². The van der Waals surface area contributed by atoms with Gasteiger partial charge in [-0.25, -0.2) is 13.2 Å². The predicted molar refractivity (Wildman–Crippen MR) is 106 cm³/mol. The molecule has 2 aromatic rings. The lowest BCUT2D eigenvalue weighted by atomic mass is 10.2. The molecule has 0 heterocycles. The molecule has 28 heavy (non-hydrogen) atoms. The highest BCUT2D eigenvalue weighted by atomic mass is 32.2. The van der Waals surface area contributed by atoms with Crippen molar-refractivity contribution >= 4 is 33.3 Å². The van der Waals surface area contributed by atoms with Crippen LogP contribution in [0, 0.1) is 0 Å². The summed E-state index contributed by atoms with van der Waals surface area (Å²) < 4.78 is 34.5. The number of nitrogens with one attached hydrogen (secondary N) is 1. The summed E-state index contributed by atoms with van der Waals surface area (Å²) >= 11 is 0. The topological polar surface area (TPSA) is 102 Å². The maximum absolute atomic E-state index is 12.0. The molecule has 0 atom stereocenters. The molecule has 2 aromatic carbocycles. The molecule has 0 fully saturated rings. The number of amides is 1. The number of carbonyl (C=O) groups excluding carboxylic acids is 2. The Hall–Kier alpha value is -3.07. The molecule has 0 saturated heterocycles. The summed E-state index contributed by atoms with van der Waals surface area (Å²) in [6.45, 7) is 1.80. The van der Waals surface area contributed by atoms with Crippen molar-refractivity contribution in [3.05, 3.63) is 54.1 Å². The number of rotatable bonds is 8. The van der Waals surface area contributed by atoms with Gasteiger partial charge in [-0.1, -0.05) is 0 Å². The minimum absolute atomic E-state index is 0.221. The van der Waals surface area contributed by atoms with Crippen LogP contribution >= 0.6 is 0 Å². The van der Waals surface area contributed by atoms with Crippen LogP contribution in [0.15, 0.2) is 48.5 Å². The minimum Gasteiger partial charge on any atom is -0.484 e. The standard InChI is InChI=1S/C19H22N2O6S/c1-4-26-19(23)14-5-7-15(8-6-14)20-18(22)13-27-17-11-9-16(10-12-17)21(2)28(3,24)25/h5-12H,4,13H2,1-3H3,(H,20,22). The maximum atomic E-state index is 12.0. The van der Waals surface area contributed by atoms with E-state index in [9.17, 15) is 18.0 Å². The van der Waals surface area contributed by atoms with Crippen molar-refractivity contribution in [3.63, 3.8) is 0 Å². The Kier molecular flexibility index (Phi) is 7.00. The Balaban J connectivity index is 1.88. The lowest BCUT2D eigenvalue weighted by molar-refractivity contribution is -0.118. The number of sulfonamides is 1. The molecule has 0 saturated carbocycles. The molecule has 2 rings (SSSR count). The zero-order valence-corrected chi connectivity index (χ0v) is 16.7. The second-order valence-electron chi connectivity index (χ2n) is 5.86.